The number of phosphoric acid groups is 2. The molecule has 4 aromatic rings. The molecule has 0 bridgehead atoms. The highest BCUT2D eigenvalue weighted by Crippen LogP contribution is 2.65. The van der Waals surface area contributed by atoms with Gasteiger partial charge in [-0.15, -0.1) is 4.57 Å². The minimum Gasteiger partial charge on any atom is -0.603 e. The summed E-state index contributed by atoms with van der Waals surface area (Å²) in [4.78, 5) is 65.7. The van der Waals surface area contributed by atoms with E-state index < -0.39 is 83.9 Å². The van der Waals surface area contributed by atoms with E-state index in [0.29, 0.717) is 11.1 Å². The van der Waals surface area contributed by atoms with Crippen molar-refractivity contribution in [1.29, 1.82) is 0 Å². The number of aliphatic hydroxyl groups is 6. The van der Waals surface area contributed by atoms with Crippen LogP contribution in [0.5, 0.6) is 0 Å². The lowest BCUT2D eigenvalue weighted by molar-refractivity contribution is -0.859. The van der Waals surface area contributed by atoms with Crippen LogP contribution in [-0.2, 0) is 34.7 Å². The fraction of sp³-hybridized carbons (Fsp3) is 0.357. The standard InChI is InChI=1S/C28H31N5O16P2/c29-25(38)16-6-4-10-32(12-16)27(39)23(36)21(34)19(47-27)13-45-50(41,42)49-51(43,44)46-14-20-22(35)24(37)28(40,48-20)33-18-8-2-1-7-17(18)31-26(33)15-5-3-9-30-11-15/h1-12,19-24,34-37,39-40H,13-14H2,(H3-,29,38,41,42,43,44)/p+1/t19-,20-,21-,22-,23-,24-,27+,28+/m1/s1. The number of carbonyl (C=O) groups excluding carboxylic acids is 1. The molecular weight excluding hydrogens is 724 g/mol. The number of aliphatic hydroxyl groups excluding tert-OH is 4. The highest BCUT2D eigenvalue weighted by Gasteiger charge is 2.62. The van der Waals surface area contributed by atoms with Gasteiger partial charge in [0.2, 0.25) is 6.10 Å². The van der Waals surface area contributed by atoms with Crippen LogP contribution in [-0.4, -0.2) is 111 Å². The normalized spacial score (nSPS) is 31.8. The van der Waals surface area contributed by atoms with Crippen LogP contribution >= 0.6 is 16.3 Å². The number of pyridine rings is 2. The van der Waals surface area contributed by atoms with E-state index in [1.807, 2.05) is 0 Å². The Balaban J connectivity index is 1.11. The van der Waals surface area contributed by atoms with E-state index in [1.165, 1.54) is 24.5 Å². The second-order valence-electron chi connectivity index (χ2n) is 11.5. The Kier molecular flexibility index (Phi) is 10.2. The van der Waals surface area contributed by atoms with Gasteiger partial charge in [-0.1, -0.05) is 12.1 Å². The first-order valence-electron chi connectivity index (χ1n) is 14.8. The maximum Gasteiger partial charge on any atom is 0.434 e. The molecule has 1 amide bonds. The Morgan fingerprint density at radius 3 is 2.24 bits per heavy atom. The van der Waals surface area contributed by atoms with E-state index in [4.69, 9.17) is 19.7 Å². The molecule has 21 nitrogen and oxygen atoms in total. The largest absolute Gasteiger partial charge is 0.603 e. The van der Waals surface area contributed by atoms with Gasteiger partial charge >= 0.3 is 22.3 Å². The first-order chi connectivity index (χ1) is 24.0. The number of hydrogen-bond donors (Lipinski definition) is 9. The van der Waals surface area contributed by atoms with Crippen LogP contribution in [0.2, 0.25) is 0 Å². The van der Waals surface area contributed by atoms with Gasteiger partial charge < -0.3 is 50.9 Å². The summed E-state index contributed by atoms with van der Waals surface area (Å²) >= 11 is 0. The Bertz CT molecular complexity index is 1890. The van der Waals surface area contributed by atoms with Gasteiger partial charge in [0.1, 0.15) is 49.0 Å². The summed E-state index contributed by atoms with van der Waals surface area (Å²) in [6, 6.07) is 12.2. The fourth-order valence-electron chi connectivity index (χ4n) is 5.61. The van der Waals surface area contributed by atoms with Gasteiger partial charge in [-0.25, -0.2) is 4.98 Å². The zero-order chi connectivity index (χ0) is 36.9. The minimum atomic E-state index is -5.56. The van der Waals surface area contributed by atoms with Gasteiger partial charge in [0.15, 0.2) is 18.5 Å². The molecule has 5 heterocycles. The van der Waals surface area contributed by atoms with E-state index in [1.54, 1.807) is 36.4 Å². The van der Waals surface area contributed by atoms with E-state index in [9.17, 15) is 55.0 Å². The number of benzene rings is 1. The Labute approximate surface area is 287 Å². The molecule has 1 aromatic carbocycles. The van der Waals surface area contributed by atoms with Gasteiger partial charge in [0.25, 0.3) is 11.8 Å². The number of imidazole rings is 1. The third kappa shape index (κ3) is 7.22. The number of phosphoric ester groups is 2. The van der Waals surface area contributed by atoms with Gasteiger partial charge in [0, 0.05) is 28.3 Å². The summed E-state index contributed by atoms with van der Waals surface area (Å²) in [7, 11) is -11.1. The fourth-order valence-corrected chi connectivity index (χ4v) is 7.70. The molecule has 2 aliphatic rings. The molecule has 10 atom stereocenters. The maximum absolute atomic E-state index is 12.7. The molecule has 2 aliphatic heterocycles. The third-order valence-electron chi connectivity index (χ3n) is 8.10. The molecule has 2 fully saturated rings. The lowest BCUT2D eigenvalue weighted by Crippen LogP contribution is -2.63. The van der Waals surface area contributed by atoms with Crippen LogP contribution in [0.1, 0.15) is 10.4 Å². The van der Waals surface area contributed by atoms with Crippen LogP contribution in [0.15, 0.2) is 73.3 Å². The van der Waals surface area contributed by atoms with E-state index in [0.717, 1.165) is 21.5 Å². The monoisotopic (exact) mass is 756 g/mol. The molecule has 51 heavy (non-hydrogen) atoms. The van der Waals surface area contributed by atoms with Crippen molar-refractivity contribution in [3.05, 3.63) is 78.9 Å². The van der Waals surface area contributed by atoms with Crippen LogP contribution < -0.4 is 20.1 Å². The average molecular weight is 757 g/mol. The number of carbonyl (C=O) groups is 1. The third-order valence-corrected chi connectivity index (χ3v) is 10.7. The van der Waals surface area contributed by atoms with Crippen LogP contribution in [0.3, 0.4) is 0 Å². The SMILES string of the molecule is NC(=O)c1ccc[n+]([C@@]2(O)O[C@H](CO[P+]([O-])(O)O[P+]([O-])(O)OC[C@H]3O[C@](O)(n4c(-c5cccnc5)nc5ccccc54)[C@H](O)[C@@H]3O)[C@@H](O)[C@H]2O)c1. The topological polar surface area (TPSA) is 332 Å². The van der Waals surface area contributed by atoms with Crippen molar-refractivity contribution in [2.24, 2.45) is 5.73 Å². The van der Waals surface area contributed by atoms with Crippen molar-refractivity contribution in [3.63, 3.8) is 0 Å². The molecule has 2 saturated heterocycles. The zero-order valence-corrected chi connectivity index (χ0v) is 27.7. The lowest BCUT2D eigenvalue weighted by Gasteiger charge is -2.29. The quantitative estimate of drug-likeness (QED) is 0.0488. The number of fused-ring (bicyclic) bond motifs is 1. The van der Waals surface area contributed by atoms with E-state index >= 15 is 0 Å². The molecule has 6 rings (SSSR count). The van der Waals surface area contributed by atoms with Gasteiger partial charge in [0.05, 0.1) is 11.0 Å². The first-order valence-corrected chi connectivity index (χ1v) is 17.8. The lowest BCUT2D eigenvalue weighted by atomic mass is 10.1. The van der Waals surface area contributed by atoms with Gasteiger partial charge in [-0.3, -0.25) is 19.1 Å². The molecule has 0 spiro atoms. The molecule has 2 unspecified atom stereocenters. The van der Waals surface area contributed by atoms with Crippen molar-refractivity contribution < 1.29 is 82.4 Å². The highest BCUT2D eigenvalue weighted by molar-refractivity contribution is 7.66. The Morgan fingerprint density at radius 2 is 1.59 bits per heavy atom. The Hall–Kier alpha value is -3.28. The second-order valence-corrected chi connectivity index (χ2v) is 14.5. The number of hydrogen-bond acceptors (Lipinski definition) is 18. The van der Waals surface area contributed by atoms with Crippen molar-refractivity contribution in [1.82, 2.24) is 14.5 Å². The summed E-state index contributed by atoms with van der Waals surface area (Å²) in [6.45, 7) is -2.19. The molecule has 3 aromatic heterocycles. The van der Waals surface area contributed by atoms with E-state index in [2.05, 4.69) is 18.8 Å². The number of nitrogens with zero attached hydrogens (tertiary/aromatic N) is 4. The van der Waals surface area contributed by atoms with E-state index in [-0.39, 0.29) is 16.9 Å². The average Bonchev–Trinajstić information content (AvgIpc) is 3.68. The molecule has 10 N–H and O–H groups in total. The molecule has 0 radical (unpaired) electrons. The van der Waals surface area contributed by atoms with Crippen molar-refractivity contribution >= 4 is 33.3 Å². The number of amides is 1. The van der Waals surface area contributed by atoms with Gasteiger partial charge in [-0.2, -0.15) is 18.8 Å². The highest BCUT2D eigenvalue weighted by atomic mass is 31.3. The van der Waals surface area contributed by atoms with Crippen LogP contribution in [0, 0.1) is 0 Å². The molecule has 0 saturated carbocycles. The minimum absolute atomic E-state index is 0.0780. The summed E-state index contributed by atoms with van der Waals surface area (Å²) in [6.07, 6.45) is -6.49. The summed E-state index contributed by atoms with van der Waals surface area (Å²) in [5.41, 5.74) is 6.14. The smallest absolute Gasteiger partial charge is 0.434 e. The van der Waals surface area contributed by atoms with Crippen molar-refractivity contribution in [2.45, 2.75) is 48.4 Å². The zero-order valence-electron chi connectivity index (χ0n) is 25.9. The predicted octanol–water partition coefficient (Wildman–Crippen LogP) is -4.26. The predicted molar refractivity (Wildman–Crippen MR) is 164 cm³/mol. The molecule has 23 heteroatoms. The van der Waals surface area contributed by atoms with Crippen LogP contribution in [0.25, 0.3) is 22.4 Å². The van der Waals surface area contributed by atoms with Crippen molar-refractivity contribution in [3.8, 4) is 11.4 Å². The number of para-hydroxylation sites is 2. The summed E-state index contributed by atoms with van der Waals surface area (Å²) < 4.78 is 26.4. The number of aromatic nitrogens is 4. The number of nitrogens with two attached hydrogens (primary N) is 1. The summed E-state index contributed by atoms with van der Waals surface area (Å²) in [5, 5.41) is 65.2. The van der Waals surface area contributed by atoms with Gasteiger partial charge in [-0.05, 0) is 30.3 Å². The molecule has 0 aliphatic carbocycles. The number of rotatable bonds is 12. The molecule has 274 valence electrons. The summed E-state index contributed by atoms with van der Waals surface area (Å²) in [5.74, 6) is -6.25. The number of primary amides is 1. The Morgan fingerprint density at radius 1 is 0.941 bits per heavy atom. The van der Waals surface area contributed by atoms with Crippen molar-refractivity contribution in [2.75, 3.05) is 13.2 Å². The number of ether oxygens (including phenoxy) is 2. The first kappa shape index (κ1) is 37.5. The molecular formula is C28H32N5O16P2+. The second kappa shape index (κ2) is 13.9. The van der Waals surface area contributed by atoms with Crippen LogP contribution in [0.4, 0.5) is 0 Å². The maximum atomic E-state index is 12.7.